The molecule has 1 atom stereocenters. The first-order valence-corrected chi connectivity index (χ1v) is 6.33. The van der Waals surface area contributed by atoms with Crippen molar-refractivity contribution in [3.05, 3.63) is 23.8 Å². The van der Waals surface area contributed by atoms with Gasteiger partial charge in [-0.3, -0.25) is 0 Å². The fourth-order valence-electron chi connectivity index (χ4n) is 2.28. The molecule has 1 aliphatic heterocycles. The Morgan fingerprint density at radius 3 is 3.00 bits per heavy atom. The zero-order valence-electron chi connectivity index (χ0n) is 11.0. The summed E-state index contributed by atoms with van der Waals surface area (Å²) in [6.07, 6.45) is 2.25. The highest BCUT2D eigenvalue weighted by atomic mass is 16.5. The number of methoxy groups -OCH3 is 1. The molecule has 0 aliphatic carbocycles. The summed E-state index contributed by atoms with van der Waals surface area (Å²) in [6, 6.07) is 5.40. The van der Waals surface area contributed by atoms with Gasteiger partial charge in [-0.2, -0.15) is 0 Å². The molecule has 4 heteroatoms. The number of aromatic hydroxyl groups is 1. The van der Waals surface area contributed by atoms with Gasteiger partial charge in [0.25, 0.3) is 0 Å². The molecule has 1 aromatic carbocycles. The molecule has 0 bridgehead atoms. The molecule has 0 radical (unpaired) electrons. The Bertz CT molecular complexity index is 400. The van der Waals surface area contributed by atoms with Crippen molar-refractivity contribution in [3.8, 4) is 11.5 Å². The van der Waals surface area contributed by atoms with Crippen molar-refractivity contribution in [1.82, 2.24) is 5.32 Å². The van der Waals surface area contributed by atoms with Gasteiger partial charge in [0.05, 0.1) is 12.7 Å². The van der Waals surface area contributed by atoms with E-state index in [0.717, 1.165) is 38.1 Å². The summed E-state index contributed by atoms with van der Waals surface area (Å²) in [5.41, 5.74) is 1.06. The quantitative estimate of drug-likeness (QED) is 0.841. The number of phenolic OH excluding ortho intramolecular Hbond substituents is 1. The number of hydrogen-bond acceptors (Lipinski definition) is 4. The number of ether oxygens (including phenoxy) is 2. The van der Waals surface area contributed by atoms with Gasteiger partial charge in [-0.25, -0.2) is 0 Å². The van der Waals surface area contributed by atoms with E-state index in [0.29, 0.717) is 5.75 Å². The first-order chi connectivity index (χ1) is 8.63. The number of hydrogen-bond donors (Lipinski definition) is 2. The predicted molar refractivity (Wildman–Crippen MR) is 70.0 cm³/mol. The van der Waals surface area contributed by atoms with Crippen LogP contribution in [0, 0.1) is 0 Å². The second-order valence-electron chi connectivity index (χ2n) is 5.01. The van der Waals surface area contributed by atoms with Crippen molar-refractivity contribution < 1.29 is 14.6 Å². The van der Waals surface area contributed by atoms with Crippen molar-refractivity contribution in [3.63, 3.8) is 0 Å². The number of nitrogens with one attached hydrogen (secondary N) is 1. The Morgan fingerprint density at radius 1 is 1.50 bits per heavy atom. The van der Waals surface area contributed by atoms with E-state index < -0.39 is 0 Å². The third-order valence-corrected chi connectivity index (χ3v) is 3.37. The lowest BCUT2D eigenvalue weighted by Crippen LogP contribution is -2.36. The van der Waals surface area contributed by atoms with Gasteiger partial charge in [0.15, 0.2) is 11.5 Å². The topological polar surface area (TPSA) is 50.7 Å². The lowest BCUT2D eigenvalue weighted by atomic mass is 10.0. The van der Waals surface area contributed by atoms with Crippen molar-refractivity contribution in [1.29, 1.82) is 0 Å². The van der Waals surface area contributed by atoms with Crippen LogP contribution in [0.2, 0.25) is 0 Å². The molecule has 1 fully saturated rings. The highest BCUT2D eigenvalue weighted by Crippen LogP contribution is 2.27. The van der Waals surface area contributed by atoms with Gasteiger partial charge < -0.3 is 19.9 Å². The highest BCUT2D eigenvalue weighted by Gasteiger charge is 2.28. The van der Waals surface area contributed by atoms with Crippen molar-refractivity contribution >= 4 is 0 Å². The summed E-state index contributed by atoms with van der Waals surface area (Å²) < 4.78 is 10.8. The van der Waals surface area contributed by atoms with Gasteiger partial charge in [0.2, 0.25) is 0 Å². The molecule has 2 N–H and O–H groups in total. The average Bonchev–Trinajstić information content (AvgIpc) is 2.78. The molecular weight excluding hydrogens is 230 g/mol. The van der Waals surface area contributed by atoms with E-state index in [2.05, 4.69) is 12.2 Å². The second kappa shape index (κ2) is 5.59. The van der Waals surface area contributed by atoms with Crippen molar-refractivity contribution in [2.45, 2.75) is 31.9 Å². The smallest absolute Gasteiger partial charge is 0.160 e. The Kier molecular flexibility index (Phi) is 4.09. The molecule has 1 heterocycles. The van der Waals surface area contributed by atoms with Crippen LogP contribution in [-0.2, 0) is 11.3 Å². The first-order valence-electron chi connectivity index (χ1n) is 6.33. The Hall–Kier alpha value is -1.26. The normalized spacial score (nSPS) is 23.2. The van der Waals surface area contributed by atoms with Crippen molar-refractivity contribution in [2.24, 2.45) is 0 Å². The molecule has 0 spiro atoms. The van der Waals surface area contributed by atoms with Crippen LogP contribution in [0.25, 0.3) is 0 Å². The third kappa shape index (κ3) is 3.15. The molecule has 0 saturated carbocycles. The van der Waals surface area contributed by atoms with E-state index in [1.807, 2.05) is 12.1 Å². The predicted octanol–water partition coefficient (Wildman–Crippen LogP) is 2.06. The van der Waals surface area contributed by atoms with E-state index in [9.17, 15) is 5.11 Å². The van der Waals surface area contributed by atoms with E-state index in [-0.39, 0.29) is 11.4 Å². The molecule has 0 aromatic heterocycles. The van der Waals surface area contributed by atoms with Crippen LogP contribution in [0.15, 0.2) is 18.2 Å². The summed E-state index contributed by atoms with van der Waals surface area (Å²) in [5, 5.41) is 12.9. The fourth-order valence-corrected chi connectivity index (χ4v) is 2.28. The summed E-state index contributed by atoms with van der Waals surface area (Å²) in [7, 11) is 1.56. The second-order valence-corrected chi connectivity index (χ2v) is 5.01. The van der Waals surface area contributed by atoms with Crippen LogP contribution in [0.4, 0.5) is 0 Å². The van der Waals surface area contributed by atoms with Crippen molar-refractivity contribution in [2.75, 3.05) is 20.3 Å². The summed E-state index contributed by atoms with van der Waals surface area (Å²) in [6.45, 7) is 4.60. The van der Waals surface area contributed by atoms with E-state index in [1.54, 1.807) is 13.2 Å². The summed E-state index contributed by atoms with van der Waals surface area (Å²) >= 11 is 0. The van der Waals surface area contributed by atoms with Crippen LogP contribution < -0.4 is 10.1 Å². The molecule has 1 aliphatic rings. The van der Waals surface area contributed by atoms with E-state index >= 15 is 0 Å². The van der Waals surface area contributed by atoms with E-state index in [4.69, 9.17) is 9.47 Å². The van der Waals surface area contributed by atoms with Crippen LogP contribution in [0.3, 0.4) is 0 Å². The Balaban J connectivity index is 1.86. The van der Waals surface area contributed by atoms with Gasteiger partial charge in [-0.15, -0.1) is 0 Å². The molecule has 1 unspecified atom stereocenters. The highest BCUT2D eigenvalue weighted by molar-refractivity contribution is 5.41. The number of phenols is 1. The molecule has 2 rings (SSSR count). The van der Waals surface area contributed by atoms with Gasteiger partial charge in [-0.05, 0) is 37.5 Å². The lowest BCUT2D eigenvalue weighted by Gasteiger charge is -2.23. The zero-order valence-corrected chi connectivity index (χ0v) is 11.0. The van der Waals surface area contributed by atoms with Gasteiger partial charge in [-0.1, -0.05) is 6.07 Å². The maximum atomic E-state index is 9.51. The average molecular weight is 251 g/mol. The molecule has 0 amide bonds. The zero-order chi connectivity index (χ0) is 13.0. The minimum atomic E-state index is -0.0268. The maximum Gasteiger partial charge on any atom is 0.160 e. The fraction of sp³-hybridized carbons (Fsp3) is 0.571. The lowest BCUT2D eigenvalue weighted by molar-refractivity contribution is 0.0207. The van der Waals surface area contributed by atoms with Crippen LogP contribution in [0.1, 0.15) is 25.3 Å². The molecule has 18 heavy (non-hydrogen) atoms. The van der Waals surface area contributed by atoms with E-state index in [1.165, 1.54) is 0 Å². The standard InChI is InChI=1S/C14H21NO3/c1-14(6-3-7-18-14)10-15-9-11-4-5-12(16)13(8-11)17-2/h4-5,8,15-16H,3,6-7,9-10H2,1-2H3. The Labute approximate surface area is 108 Å². The Morgan fingerprint density at radius 2 is 2.33 bits per heavy atom. The molecule has 100 valence electrons. The SMILES string of the molecule is COc1cc(CNCC2(C)CCCO2)ccc1O. The summed E-state index contributed by atoms with van der Waals surface area (Å²) in [4.78, 5) is 0. The molecular formula is C14H21NO3. The van der Waals surface area contributed by atoms with Gasteiger partial charge in [0.1, 0.15) is 0 Å². The first kappa shape index (κ1) is 13.2. The minimum absolute atomic E-state index is 0.0268. The number of benzene rings is 1. The minimum Gasteiger partial charge on any atom is -0.504 e. The van der Waals surface area contributed by atoms with Crippen LogP contribution >= 0.6 is 0 Å². The monoisotopic (exact) mass is 251 g/mol. The third-order valence-electron chi connectivity index (χ3n) is 3.37. The van der Waals surface area contributed by atoms with Gasteiger partial charge >= 0.3 is 0 Å². The summed E-state index contributed by atoms with van der Waals surface area (Å²) in [5.74, 6) is 0.685. The molecule has 4 nitrogen and oxygen atoms in total. The molecule has 1 aromatic rings. The maximum absolute atomic E-state index is 9.51. The van der Waals surface area contributed by atoms with Crippen LogP contribution in [0.5, 0.6) is 11.5 Å². The largest absolute Gasteiger partial charge is 0.504 e. The van der Waals surface area contributed by atoms with Crippen LogP contribution in [-0.4, -0.2) is 31.0 Å². The van der Waals surface area contributed by atoms with Gasteiger partial charge in [0, 0.05) is 19.7 Å². The molecule has 1 saturated heterocycles. The number of rotatable bonds is 5.